The van der Waals surface area contributed by atoms with Crippen molar-refractivity contribution in [2.24, 2.45) is 0 Å². The summed E-state index contributed by atoms with van der Waals surface area (Å²) in [6, 6.07) is 0. The van der Waals surface area contributed by atoms with E-state index in [1.807, 2.05) is 0 Å². The Labute approximate surface area is 57.0 Å². The molecule has 3 heteroatoms. The molecule has 0 bridgehead atoms. The van der Waals surface area contributed by atoms with E-state index in [1.54, 1.807) is 14.2 Å². The number of hydrogen-bond donors (Lipinski definition) is 0. The molecule has 2 nitrogen and oxygen atoms in total. The molecule has 0 rings (SSSR count). The van der Waals surface area contributed by atoms with Gasteiger partial charge in [0.1, 0.15) is 0 Å². The van der Waals surface area contributed by atoms with Gasteiger partial charge in [-0.3, -0.25) is 0 Å². The van der Waals surface area contributed by atoms with E-state index >= 15 is 0 Å². The summed E-state index contributed by atoms with van der Waals surface area (Å²) in [5.74, 6) is 0. The van der Waals surface area contributed by atoms with Crippen molar-refractivity contribution in [2.45, 2.75) is 17.3 Å². The van der Waals surface area contributed by atoms with Crippen LogP contribution < -0.4 is 0 Å². The molecule has 0 N–H and O–H groups in total. The van der Waals surface area contributed by atoms with Gasteiger partial charge in [-0.15, -0.1) is 0 Å². The fourth-order valence-electron chi connectivity index (χ4n) is 0.568. The number of methoxy groups -OCH3 is 2. The number of hydrogen-bond acceptors (Lipinski definition) is 2. The van der Waals surface area contributed by atoms with Crippen LogP contribution in [0.4, 0.5) is 0 Å². The van der Waals surface area contributed by atoms with Crippen LogP contribution in [0.25, 0.3) is 0 Å². The van der Waals surface area contributed by atoms with Gasteiger partial charge in [-0.2, -0.15) is 0 Å². The normalized spacial score (nSPS) is 12.0. The zero-order valence-corrected chi connectivity index (χ0v) is 8.78. The van der Waals surface area contributed by atoms with E-state index in [0.717, 1.165) is 0 Å². The van der Waals surface area contributed by atoms with E-state index in [4.69, 9.17) is 9.47 Å². The first-order valence-corrected chi connectivity index (χ1v) is 6.71. The average Bonchev–Trinajstić information content (AvgIpc) is 1.83. The summed E-state index contributed by atoms with van der Waals surface area (Å²) in [4.78, 5) is 0. The van der Waals surface area contributed by atoms with Gasteiger partial charge in [-0.25, -0.2) is 0 Å². The first-order chi connectivity index (χ1) is 3.85. The summed E-state index contributed by atoms with van der Waals surface area (Å²) in [6.07, 6.45) is 0. The van der Waals surface area contributed by atoms with Crippen LogP contribution >= 0.6 is 0 Å². The molecule has 0 atom stereocenters. The standard InChI is InChI=1S/C5H14GeO2/c1-4-6-5(7-2)8-3/h5H,4,6H2,1-3H3. The molecule has 0 amide bonds. The first kappa shape index (κ1) is 8.46. The Hall–Kier alpha value is 0.463. The third-order valence-corrected chi connectivity index (χ3v) is 4.65. The van der Waals surface area contributed by atoms with Gasteiger partial charge in [0.2, 0.25) is 0 Å². The molecular formula is C5H14GeO2. The van der Waals surface area contributed by atoms with Crippen LogP contribution in [0.5, 0.6) is 0 Å². The zero-order chi connectivity index (χ0) is 6.41. The molecular weight excluding hydrogens is 165 g/mol. The van der Waals surface area contributed by atoms with Crippen LogP contribution in [0, 0.1) is 0 Å². The fourth-order valence-corrected chi connectivity index (χ4v) is 2.55. The predicted octanol–water partition coefficient (Wildman–Crippen LogP) is 0.170. The van der Waals surface area contributed by atoms with Crippen molar-refractivity contribution in [1.29, 1.82) is 0 Å². The summed E-state index contributed by atoms with van der Waals surface area (Å²) in [7, 11) is 3.41. The van der Waals surface area contributed by atoms with E-state index in [-0.39, 0.29) is 5.12 Å². The number of ether oxygens (including phenoxy) is 2. The maximum atomic E-state index is 5.00. The zero-order valence-electron chi connectivity index (χ0n) is 5.81. The SMILES string of the molecule is C[CH2][GeH2][CH](OC)OC. The molecule has 0 spiro atoms. The molecule has 8 heavy (non-hydrogen) atoms. The van der Waals surface area contributed by atoms with Crippen molar-refractivity contribution in [1.82, 2.24) is 0 Å². The van der Waals surface area contributed by atoms with E-state index < -0.39 is 15.4 Å². The molecule has 0 heterocycles. The predicted molar refractivity (Wildman–Crippen MR) is 36.8 cm³/mol. The monoisotopic (exact) mass is 180 g/mol. The van der Waals surface area contributed by atoms with Crippen LogP contribution in [0.1, 0.15) is 6.92 Å². The third kappa shape index (κ3) is 3.46. The van der Waals surface area contributed by atoms with Crippen molar-refractivity contribution < 1.29 is 9.47 Å². The molecule has 0 aliphatic heterocycles. The van der Waals surface area contributed by atoms with Gasteiger partial charge in [0, 0.05) is 0 Å². The average molecular weight is 179 g/mol. The molecule has 0 aromatic heterocycles. The Kier molecular flexibility index (Phi) is 5.92. The van der Waals surface area contributed by atoms with E-state index in [0.29, 0.717) is 0 Å². The topological polar surface area (TPSA) is 18.5 Å². The quantitative estimate of drug-likeness (QED) is 0.452. The van der Waals surface area contributed by atoms with E-state index in [2.05, 4.69) is 6.92 Å². The van der Waals surface area contributed by atoms with Crippen molar-refractivity contribution in [3.8, 4) is 0 Å². The van der Waals surface area contributed by atoms with Crippen molar-refractivity contribution in [3.63, 3.8) is 0 Å². The molecule has 0 aliphatic rings. The van der Waals surface area contributed by atoms with Crippen molar-refractivity contribution in [2.75, 3.05) is 14.2 Å². The summed E-state index contributed by atoms with van der Waals surface area (Å²) < 4.78 is 10.0. The van der Waals surface area contributed by atoms with Gasteiger partial charge in [-0.05, 0) is 0 Å². The summed E-state index contributed by atoms with van der Waals surface area (Å²) in [6.45, 7) is 2.19. The van der Waals surface area contributed by atoms with Crippen molar-refractivity contribution >= 4 is 15.4 Å². The molecule has 0 fully saturated rings. The molecule has 0 saturated heterocycles. The maximum absolute atomic E-state index is 5.00. The molecule has 0 saturated carbocycles. The van der Waals surface area contributed by atoms with E-state index in [9.17, 15) is 0 Å². The molecule has 50 valence electrons. The van der Waals surface area contributed by atoms with Gasteiger partial charge < -0.3 is 0 Å². The third-order valence-electron chi connectivity index (χ3n) is 1.05. The van der Waals surface area contributed by atoms with Crippen LogP contribution in [0.15, 0.2) is 0 Å². The van der Waals surface area contributed by atoms with Crippen molar-refractivity contribution in [3.05, 3.63) is 0 Å². The minimum absolute atomic E-state index is 0.187. The van der Waals surface area contributed by atoms with Crippen LogP contribution in [0.3, 0.4) is 0 Å². The van der Waals surface area contributed by atoms with E-state index in [1.165, 1.54) is 5.25 Å². The molecule has 0 aromatic carbocycles. The molecule has 0 aliphatic carbocycles. The molecule has 0 unspecified atom stereocenters. The molecule has 0 aromatic rings. The summed E-state index contributed by atoms with van der Waals surface area (Å²) in [5.41, 5.74) is 0. The summed E-state index contributed by atoms with van der Waals surface area (Å²) >= 11 is -0.490. The Morgan fingerprint density at radius 3 is 2.00 bits per heavy atom. The fraction of sp³-hybridized carbons (Fsp3) is 1.00. The second-order valence-electron chi connectivity index (χ2n) is 1.69. The van der Waals surface area contributed by atoms with Gasteiger partial charge in [-0.1, -0.05) is 0 Å². The van der Waals surface area contributed by atoms with Gasteiger partial charge >= 0.3 is 56.4 Å². The Bertz CT molecular complexity index is 45.7. The second-order valence-corrected chi connectivity index (χ2v) is 6.40. The van der Waals surface area contributed by atoms with Crippen LogP contribution in [-0.4, -0.2) is 34.8 Å². The second kappa shape index (κ2) is 5.60. The van der Waals surface area contributed by atoms with Crippen LogP contribution in [-0.2, 0) is 9.47 Å². The number of rotatable bonds is 4. The van der Waals surface area contributed by atoms with Gasteiger partial charge in [0.15, 0.2) is 0 Å². The van der Waals surface area contributed by atoms with Gasteiger partial charge in [0.25, 0.3) is 0 Å². The Morgan fingerprint density at radius 1 is 1.38 bits per heavy atom. The Morgan fingerprint density at radius 2 is 1.88 bits per heavy atom. The first-order valence-electron chi connectivity index (χ1n) is 2.90. The summed E-state index contributed by atoms with van der Waals surface area (Å²) in [5, 5.41) is 1.48. The minimum atomic E-state index is -0.490. The van der Waals surface area contributed by atoms with Gasteiger partial charge in [0.05, 0.1) is 0 Å². The molecule has 0 radical (unpaired) electrons. The Balaban J connectivity index is 3.07. The van der Waals surface area contributed by atoms with Crippen LogP contribution in [0.2, 0.25) is 5.25 Å².